The number of benzene rings is 1. The number of hydrogen-bond donors (Lipinski definition) is 2. The number of nitrogens with two attached hydrogens (primary N) is 2. The Morgan fingerprint density at radius 1 is 1.40 bits per heavy atom. The van der Waals surface area contributed by atoms with Gasteiger partial charge in [-0.1, -0.05) is 6.07 Å². The summed E-state index contributed by atoms with van der Waals surface area (Å²) in [5.74, 6) is -0.149. The van der Waals surface area contributed by atoms with Gasteiger partial charge in [0.1, 0.15) is 0 Å². The highest BCUT2D eigenvalue weighted by molar-refractivity contribution is 5.31. The van der Waals surface area contributed by atoms with Crippen molar-refractivity contribution in [3.63, 3.8) is 0 Å². The highest BCUT2D eigenvalue weighted by atomic mass is 19.1. The van der Waals surface area contributed by atoms with E-state index >= 15 is 0 Å². The zero-order valence-electron chi connectivity index (χ0n) is 9.03. The van der Waals surface area contributed by atoms with Gasteiger partial charge in [-0.15, -0.1) is 0 Å². The molecule has 1 aromatic carbocycles. The SMILES string of the molecule is CCOc1ccc(C(N)C(C)N)cc1F. The zero-order chi connectivity index (χ0) is 11.4. The fraction of sp³-hybridized carbons (Fsp3) is 0.455. The van der Waals surface area contributed by atoms with Gasteiger partial charge in [-0.2, -0.15) is 0 Å². The average molecular weight is 212 g/mol. The first-order valence-electron chi connectivity index (χ1n) is 4.99. The quantitative estimate of drug-likeness (QED) is 0.796. The Morgan fingerprint density at radius 2 is 2.07 bits per heavy atom. The molecule has 0 fully saturated rings. The first kappa shape index (κ1) is 11.9. The standard InChI is InChI=1S/C11H17FN2O/c1-3-15-10-5-4-8(6-9(10)12)11(14)7(2)13/h4-7,11H,3,13-14H2,1-2H3. The zero-order valence-corrected chi connectivity index (χ0v) is 9.03. The van der Waals surface area contributed by atoms with Crippen molar-refractivity contribution in [2.45, 2.75) is 25.9 Å². The van der Waals surface area contributed by atoms with Gasteiger partial charge in [-0.25, -0.2) is 4.39 Å². The van der Waals surface area contributed by atoms with Crippen molar-refractivity contribution >= 4 is 0 Å². The van der Waals surface area contributed by atoms with E-state index in [2.05, 4.69) is 0 Å². The molecule has 1 rings (SSSR count). The van der Waals surface area contributed by atoms with E-state index in [1.807, 2.05) is 0 Å². The fourth-order valence-electron chi connectivity index (χ4n) is 1.30. The van der Waals surface area contributed by atoms with E-state index in [1.54, 1.807) is 26.0 Å². The van der Waals surface area contributed by atoms with E-state index in [1.165, 1.54) is 6.07 Å². The molecule has 4 heteroatoms. The number of rotatable bonds is 4. The third-order valence-corrected chi connectivity index (χ3v) is 2.21. The molecule has 0 aromatic heterocycles. The lowest BCUT2D eigenvalue weighted by Gasteiger charge is -2.16. The van der Waals surface area contributed by atoms with Crippen molar-refractivity contribution in [2.75, 3.05) is 6.61 Å². The maximum absolute atomic E-state index is 13.4. The largest absolute Gasteiger partial charge is 0.491 e. The Labute approximate surface area is 89.2 Å². The minimum Gasteiger partial charge on any atom is -0.491 e. The normalized spacial score (nSPS) is 14.7. The molecule has 0 heterocycles. The van der Waals surface area contributed by atoms with Crippen molar-refractivity contribution in [1.82, 2.24) is 0 Å². The van der Waals surface area contributed by atoms with Crippen LogP contribution in [0.2, 0.25) is 0 Å². The van der Waals surface area contributed by atoms with Gasteiger partial charge in [0.25, 0.3) is 0 Å². The molecule has 84 valence electrons. The molecule has 2 atom stereocenters. The summed E-state index contributed by atoms with van der Waals surface area (Å²) in [5, 5.41) is 0. The summed E-state index contributed by atoms with van der Waals surface area (Å²) in [6.07, 6.45) is 0. The van der Waals surface area contributed by atoms with Crippen LogP contribution < -0.4 is 16.2 Å². The summed E-state index contributed by atoms with van der Waals surface area (Å²) < 4.78 is 18.5. The van der Waals surface area contributed by atoms with E-state index in [0.29, 0.717) is 12.2 Å². The van der Waals surface area contributed by atoms with Crippen LogP contribution in [-0.4, -0.2) is 12.6 Å². The lowest BCUT2D eigenvalue weighted by Crippen LogP contribution is -2.31. The van der Waals surface area contributed by atoms with Gasteiger partial charge in [-0.3, -0.25) is 0 Å². The average Bonchev–Trinajstić information content (AvgIpc) is 2.20. The van der Waals surface area contributed by atoms with Crippen molar-refractivity contribution in [3.05, 3.63) is 29.6 Å². The number of hydrogen-bond acceptors (Lipinski definition) is 3. The predicted molar refractivity (Wildman–Crippen MR) is 58.1 cm³/mol. The molecule has 0 aliphatic carbocycles. The van der Waals surface area contributed by atoms with Crippen LogP contribution in [0.25, 0.3) is 0 Å². The smallest absolute Gasteiger partial charge is 0.165 e. The van der Waals surface area contributed by atoms with Gasteiger partial charge in [0.15, 0.2) is 11.6 Å². The Balaban J connectivity index is 2.90. The molecule has 0 radical (unpaired) electrons. The third kappa shape index (κ3) is 2.91. The summed E-state index contributed by atoms with van der Waals surface area (Å²) >= 11 is 0. The Morgan fingerprint density at radius 3 is 2.53 bits per heavy atom. The van der Waals surface area contributed by atoms with Crippen LogP contribution in [0.4, 0.5) is 4.39 Å². The van der Waals surface area contributed by atoms with Gasteiger partial charge in [-0.05, 0) is 31.5 Å². The summed E-state index contributed by atoms with van der Waals surface area (Å²) in [6.45, 7) is 4.04. The van der Waals surface area contributed by atoms with Crippen molar-refractivity contribution in [3.8, 4) is 5.75 Å². The molecule has 0 saturated heterocycles. The summed E-state index contributed by atoms with van der Waals surface area (Å²) in [5.41, 5.74) is 12.1. The topological polar surface area (TPSA) is 61.3 Å². The van der Waals surface area contributed by atoms with Gasteiger partial charge >= 0.3 is 0 Å². The van der Waals surface area contributed by atoms with Gasteiger partial charge in [0.05, 0.1) is 6.61 Å². The van der Waals surface area contributed by atoms with E-state index in [9.17, 15) is 4.39 Å². The molecule has 0 saturated carbocycles. The molecule has 0 aliphatic rings. The van der Waals surface area contributed by atoms with Crippen LogP contribution in [0, 0.1) is 5.82 Å². The van der Waals surface area contributed by atoms with E-state index < -0.39 is 5.82 Å². The summed E-state index contributed by atoms with van der Waals surface area (Å²) in [7, 11) is 0. The van der Waals surface area contributed by atoms with Crippen molar-refractivity contribution < 1.29 is 9.13 Å². The second-order valence-electron chi connectivity index (χ2n) is 3.51. The Kier molecular flexibility index (Phi) is 4.05. The highest BCUT2D eigenvalue weighted by Gasteiger charge is 2.13. The molecule has 0 bridgehead atoms. The lowest BCUT2D eigenvalue weighted by atomic mass is 10.0. The molecule has 3 nitrogen and oxygen atoms in total. The third-order valence-electron chi connectivity index (χ3n) is 2.21. The van der Waals surface area contributed by atoms with Gasteiger partial charge < -0.3 is 16.2 Å². The van der Waals surface area contributed by atoms with Crippen LogP contribution in [0.15, 0.2) is 18.2 Å². The van der Waals surface area contributed by atoms with Crippen LogP contribution in [0.3, 0.4) is 0 Å². The molecular weight excluding hydrogens is 195 g/mol. The fourth-order valence-corrected chi connectivity index (χ4v) is 1.30. The maximum Gasteiger partial charge on any atom is 0.165 e. The van der Waals surface area contributed by atoms with Gasteiger partial charge in [0.2, 0.25) is 0 Å². The van der Waals surface area contributed by atoms with Crippen LogP contribution in [-0.2, 0) is 0 Å². The van der Waals surface area contributed by atoms with Crippen LogP contribution >= 0.6 is 0 Å². The molecular formula is C11H17FN2O. The predicted octanol–water partition coefficient (Wildman–Crippen LogP) is 1.57. The molecule has 4 N–H and O–H groups in total. The second kappa shape index (κ2) is 5.09. The second-order valence-corrected chi connectivity index (χ2v) is 3.51. The maximum atomic E-state index is 13.4. The van der Waals surface area contributed by atoms with Crippen molar-refractivity contribution in [2.24, 2.45) is 11.5 Å². The van der Waals surface area contributed by atoms with E-state index in [0.717, 1.165) is 0 Å². The molecule has 15 heavy (non-hydrogen) atoms. The Hall–Kier alpha value is -1.13. The summed E-state index contributed by atoms with van der Waals surface area (Å²) in [4.78, 5) is 0. The summed E-state index contributed by atoms with van der Waals surface area (Å²) in [6, 6.07) is 4.13. The van der Waals surface area contributed by atoms with E-state index in [-0.39, 0.29) is 17.8 Å². The first-order chi connectivity index (χ1) is 7.06. The van der Waals surface area contributed by atoms with Gasteiger partial charge in [0, 0.05) is 12.1 Å². The molecule has 0 spiro atoms. The highest BCUT2D eigenvalue weighted by Crippen LogP contribution is 2.22. The number of halogens is 1. The molecule has 1 aromatic rings. The minimum absolute atomic E-state index is 0.206. The number of ether oxygens (including phenoxy) is 1. The lowest BCUT2D eigenvalue weighted by molar-refractivity contribution is 0.321. The Bertz CT molecular complexity index is 328. The molecule has 2 unspecified atom stereocenters. The van der Waals surface area contributed by atoms with Crippen molar-refractivity contribution in [1.29, 1.82) is 0 Å². The monoisotopic (exact) mass is 212 g/mol. The van der Waals surface area contributed by atoms with Crippen LogP contribution in [0.1, 0.15) is 25.5 Å². The molecule has 0 aliphatic heterocycles. The van der Waals surface area contributed by atoms with Crippen LogP contribution in [0.5, 0.6) is 5.75 Å². The minimum atomic E-state index is -0.398. The first-order valence-corrected chi connectivity index (χ1v) is 4.99. The van der Waals surface area contributed by atoms with E-state index in [4.69, 9.17) is 16.2 Å². The molecule has 0 amide bonds.